The summed E-state index contributed by atoms with van der Waals surface area (Å²) in [5.74, 6) is -2.83. The van der Waals surface area contributed by atoms with Gasteiger partial charge in [0.2, 0.25) is 5.91 Å². The van der Waals surface area contributed by atoms with Crippen molar-refractivity contribution in [3.05, 3.63) is 110 Å². The van der Waals surface area contributed by atoms with Crippen LogP contribution in [0.3, 0.4) is 0 Å². The van der Waals surface area contributed by atoms with Gasteiger partial charge in [0.1, 0.15) is 5.76 Å². The number of Topliss-reactive ketones (excluding diaryl/α,β-unsaturated/α-hetero) is 1. The first-order chi connectivity index (χ1) is 17.6. The molecule has 1 fully saturated rings. The fourth-order valence-corrected chi connectivity index (χ4v) is 4.00. The van der Waals surface area contributed by atoms with Gasteiger partial charge in [0.15, 0.2) is 0 Å². The molecule has 2 amide bonds. The van der Waals surface area contributed by atoms with Crippen LogP contribution in [0, 0.1) is 20.2 Å². The Balaban J connectivity index is 1.87. The van der Waals surface area contributed by atoms with Crippen LogP contribution < -0.4 is 10.2 Å². The summed E-state index contributed by atoms with van der Waals surface area (Å²) in [6.07, 6.45) is 0. The minimum atomic E-state index is -1.16. The molecule has 1 atom stereocenters. The Labute approximate surface area is 208 Å². The van der Waals surface area contributed by atoms with Crippen molar-refractivity contribution in [2.24, 2.45) is 0 Å². The van der Waals surface area contributed by atoms with Crippen molar-refractivity contribution in [2.75, 3.05) is 10.2 Å². The third-order valence-corrected chi connectivity index (χ3v) is 5.68. The molecular weight excluding hydrogens is 484 g/mol. The molecule has 1 saturated heterocycles. The van der Waals surface area contributed by atoms with E-state index in [0.717, 1.165) is 17.0 Å². The highest BCUT2D eigenvalue weighted by Crippen LogP contribution is 2.42. The molecule has 0 radical (unpaired) electrons. The zero-order valence-electron chi connectivity index (χ0n) is 19.2. The highest BCUT2D eigenvalue weighted by atomic mass is 16.6. The number of carbonyl (C=O) groups is 3. The number of rotatable bonds is 6. The number of nitro benzene ring substituents is 2. The number of nitro groups is 2. The van der Waals surface area contributed by atoms with Gasteiger partial charge in [-0.3, -0.25) is 39.5 Å². The molecule has 1 aliphatic rings. The molecule has 186 valence electrons. The normalized spacial score (nSPS) is 16.5. The van der Waals surface area contributed by atoms with Crippen molar-refractivity contribution in [1.82, 2.24) is 0 Å². The van der Waals surface area contributed by atoms with Gasteiger partial charge in [-0.2, -0.15) is 0 Å². The lowest BCUT2D eigenvalue weighted by atomic mass is 9.95. The maximum absolute atomic E-state index is 13.2. The minimum Gasteiger partial charge on any atom is -0.507 e. The number of ketones is 1. The number of nitrogens with one attached hydrogen (secondary N) is 1. The summed E-state index contributed by atoms with van der Waals surface area (Å²) in [5, 5.41) is 35.8. The number of benzene rings is 3. The SMILES string of the molecule is CC(=O)Nc1ccc(N2C(=O)C(=O)C(=C(O)c3ccc([N+](=O)[O-])cc3)[C@@H]2c2ccc([N+](=O)[O-])cc2)cc1. The zero-order chi connectivity index (χ0) is 26.9. The molecule has 12 nitrogen and oxygen atoms in total. The Bertz CT molecular complexity index is 1460. The monoisotopic (exact) mass is 502 g/mol. The first-order valence-corrected chi connectivity index (χ1v) is 10.8. The highest BCUT2D eigenvalue weighted by Gasteiger charge is 2.47. The molecule has 3 aromatic rings. The second-order valence-electron chi connectivity index (χ2n) is 8.05. The van der Waals surface area contributed by atoms with Gasteiger partial charge in [-0.05, 0) is 54.1 Å². The first kappa shape index (κ1) is 24.7. The molecule has 0 aromatic heterocycles. The number of aliphatic hydroxyl groups excluding tert-OH is 1. The van der Waals surface area contributed by atoms with E-state index in [1.54, 1.807) is 0 Å². The number of non-ortho nitro benzene ring substituents is 2. The van der Waals surface area contributed by atoms with Crippen molar-refractivity contribution in [1.29, 1.82) is 0 Å². The van der Waals surface area contributed by atoms with Crippen LogP contribution in [0.15, 0.2) is 78.4 Å². The highest BCUT2D eigenvalue weighted by molar-refractivity contribution is 6.51. The standard InChI is InChI=1S/C25H18N4O8/c1-14(30)26-17-6-12-18(13-7-17)27-22(15-2-8-19(9-3-15)28(34)35)21(24(32)25(27)33)23(31)16-4-10-20(11-5-16)29(36)37/h2-13,22,31H,1H3,(H,26,30)/t22-/m0/s1. The third kappa shape index (κ3) is 4.75. The summed E-state index contributed by atoms with van der Waals surface area (Å²) in [4.78, 5) is 59.7. The molecular formula is C25H18N4O8. The number of nitrogens with zero attached hydrogens (tertiary/aromatic N) is 3. The molecule has 0 unspecified atom stereocenters. The Hall–Kier alpha value is -5.39. The quantitative estimate of drug-likeness (QED) is 0.167. The van der Waals surface area contributed by atoms with Gasteiger partial charge < -0.3 is 10.4 Å². The maximum Gasteiger partial charge on any atom is 0.300 e. The minimum absolute atomic E-state index is 0.0662. The summed E-state index contributed by atoms with van der Waals surface area (Å²) in [7, 11) is 0. The second-order valence-corrected chi connectivity index (χ2v) is 8.05. The summed E-state index contributed by atoms with van der Waals surface area (Å²) in [6, 6.07) is 14.8. The number of amides is 2. The molecule has 2 N–H and O–H groups in total. The van der Waals surface area contributed by atoms with Crippen molar-refractivity contribution in [3.63, 3.8) is 0 Å². The van der Waals surface area contributed by atoms with Gasteiger partial charge in [-0.25, -0.2) is 0 Å². The molecule has 1 aliphatic heterocycles. The van der Waals surface area contributed by atoms with Crippen LogP contribution in [-0.4, -0.2) is 32.6 Å². The summed E-state index contributed by atoms with van der Waals surface area (Å²) < 4.78 is 0. The van der Waals surface area contributed by atoms with Crippen LogP contribution >= 0.6 is 0 Å². The van der Waals surface area contributed by atoms with Crippen molar-refractivity contribution < 1.29 is 29.3 Å². The lowest BCUT2D eigenvalue weighted by Gasteiger charge is -2.25. The lowest BCUT2D eigenvalue weighted by Crippen LogP contribution is -2.29. The van der Waals surface area contributed by atoms with E-state index in [1.807, 2.05) is 0 Å². The van der Waals surface area contributed by atoms with E-state index in [1.165, 1.54) is 67.6 Å². The topological polar surface area (TPSA) is 173 Å². The Kier molecular flexibility index (Phi) is 6.48. The second kappa shape index (κ2) is 9.70. The first-order valence-electron chi connectivity index (χ1n) is 10.8. The predicted molar refractivity (Wildman–Crippen MR) is 132 cm³/mol. The molecule has 12 heteroatoms. The average molecular weight is 502 g/mol. The largest absolute Gasteiger partial charge is 0.507 e. The van der Waals surface area contributed by atoms with E-state index in [-0.39, 0.29) is 34.1 Å². The van der Waals surface area contributed by atoms with Crippen LogP contribution in [0.5, 0.6) is 0 Å². The van der Waals surface area contributed by atoms with E-state index in [4.69, 9.17) is 0 Å². The Morgan fingerprint density at radius 1 is 0.865 bits per heavy atom. The Morgan fingerprint density at radius 2 is 1.38 bits per heavy atom. The number of hydrogen-bond donors (Lipinski definition) is 2. The fraction of sp³-hybridized carbons (Fsp3) is 0.0800. The van der Waals surface area contributed by atoms with Crippen LogP contribution in [0.2, 0.25) is 0 Å². The van der Waals surface area contributed by atoms with Gasteiger partial charge in [-0.15, -0.1) is 0 Å². The summed E-state index contributed by atoms with van der Waals surface area (Å²) in [6.45, 7) is 1.33. The summed E-state index contributed by atoms with van der Waals surface area (Å²) in [5.41, 5.74) is 0.348. The van der Waals surface area contributed by atoms with E-state index in [0.29, 0.717) is 11.3 Å². The van der Waals surface area contributed by atoms with E-state index in [2.05, 4.69) is 5.32 Å². The molecule has 4 rings (SSSR count). The lowest BCUT2D eigenvalue weighted by molar-refractivity contribution is -0.385. The van der Waals surface area contributed by atoms with E-state index >= 15 is 0 Å². The molecule has 37 heavy (non-hydrogen) atoms. The molecule has 0 saturated carbocycles. The molecule has 0 spiro atoms. The van der Waals surface area contributed by atoms with Gasteiger partial charge in [0, 0.05) is 48.1 Å². The molecule has 1 heterocycles. The smallest absolute Gasteiger partial charge is 0.300 e. The Morgan fingerprint density at radius 3 is 1.86 bits per heavy atom. The molecule has 0 aliphatic carbocycles. The van der Waals surface area contributed by atoms with Crippen molar-refractivity contribution in [2.45, 2.75) is 13.0 Å². The van der Waals surface area contributed by atoms with Crippen LogP contribution in [0.25, 0.3) is 5.76 Å². The number of hydrogen-bond acceptors (Lipinski definition) is 8. The average Bonchev–Trinajstić information content (AvgIpc) is 3.14. The maximum atomic E-state index is 13.2. The number of aliphatic hydroxyl groups is 1. The van der Waals surface area contributed by atoms with Gasteiger partial charge in [0.05, 0.1) is 21.5 Å². The predicted octanol–water partition coefficient (Wildman–Crippen LogP) is 4.09. The van der Waals surface area contributed by atoms with Gasteiger partial charge in [0.25, 0.3) is 23.1 Å². The molecule has 3 aromatic carbocycles. The number of carbonyl (C=O) groups excluding carboxylic acids is 3. The van der Waals surface area contributed by atoms with Crippen LogP contribution in [-0.2, 0) is 14.4 Å². The van der Waals surface area contributed by atoms with Crippen LogP contribution in [0.4, 0.5) is 22.7 Å². The van der Waals surface area contributed by atoms with Crippen molar-refractivity contribution in [3.8, 4) is 0 Å². The van der Waals surface area contributed by atoms with Gasteiger partial charge >= 0.3 is 0 Å². The molecule has 0 bridgehead atoms. The third-order valence-electron chi connectivity index (χ3n) is 5.68. The fourth-order valence-electron chi connectivity index (χ4n) is 4.00. The van der Waals surface area contributed by atoms with Gasteiger partial charge in [-0.1, -0.05) is 0 Å². The van der Waals surface area contributed by atoms with Crippen molar-refractivity contribution >= 4 is 46.1 Å². The van der Waals surface area contributed by atoms with E-state index in [9.17, 15) is 39.7 Å². The van der Waals surface area contributed by atoms with Crippen LogP contribution in [0.1, 0.15) is 24.1 Å². The van der Waals surface area contributed by atoms with E-state index < -0.39 is 33.3 Å². The summed E-state index contributed by atoms with van der Waals surface area (Å²) >= 11 is 0. The zero-order valence-corrected chi connectivity index (χ0v) is 19.2. The number of anilines is 2.